The summed E-state index contributed by atoms with van der Waals surface area (Å²) in [5.74, 6) is -0.527. The predicted molar refractivity (Wildman–Crippen MR) is 70.5 cm³/mol. The number of carboxylic acids is 1. The summed E-state index contributed by atoms with van der Waals surface area (Å²) >= 11 is 0. The van der Waals surface area contributed by atoms with Crippen molar-refractivity contribution in [3.8, 4) is 11.5 Å². The first-order valence-electron chi connectivity index (χ1n) is 6.63. The molecule has 2 N–H and O–H groups in total. The number of aliphatic carboxylic acids is 1. The largest absolute Gasteiger partial charge is 0.481 e. The first-order valence-corrected chi connectivity index (χ1v) is 6.63. The minimum atomic E-state index is -0.925. The van der Waals surface area contributed by atoms with Gasteiger partial charge in [-0.3, -0.25) is 9.59 Å². The van der Waals surface area contributed by atoms with Crippen molar-refractivity contribution in [2.75, 3.05) is 0 Å². The van der Waals surface area contributed by atoms with Crippen LogP contribution in [0.5, 0.6) is 0 Å². The molecule has 2 heterocycles. The summed E-state index contributed by atoms with van der Waals surface area (Å²) in [4.78, 5) is 23.0. The van der Waals surface area contributed by atoms with Gasteiger partial charge in [0.1, 0.15) is 0 Å². The predicted octanol–water partition coefficient (Wildman–Crippen LogP) is 2.06. The lowest BCUT2D eigenvalue weighted by Crippen LogP contribution is -2.54. The minimum Gasteiger partial charge on any atom is -0.481 e. The van der Waals surface area contributed by atoms with Gasteiger partial charge < -0.3 is 19.4 Å². The van der Waals surface area contributed by atoms with E-state index >= 15 is 0 Å². The Labute approximate surface area is 119 Å². The number of carbonyl (C=O) groups excluding carboxylic acids is 1. The van der Waals surface area contributed by atoms with Crippen molar-refractivity contribution in [3.05, 3.63) is 30.2 Å². The molecule has 0 atom stereocenters. The number of rotatable bonds is 5. The van der Waals surface area contributed by atoms with E-state index in [-0.39, 0.29) is 12.1 Å². The third-order valence-corrected chi connectivity index (χ3v) is 3.69. The first-order chi connectivity index (χ1) is 10.1. The lowest BCUT2D eigenvalue weighted by Gasteiger charge is -2.41. The molecule has 1 amide bonds. The van der Waals surface area contributed by atoms with Gasteiger partial charge in [0.25, 0.3) is 5.91 Å². The SMILES string of the molecule is O=C(O)CC1(NC(=O)c2cc(-c3ccco3)on2)CCC1. The van der Waals surface area contributed by atoms with Crippen LogP contribution in [0.2, 0.25) is 0 Å². The Morgan fingerprint density at radius 1 is 1.38 bits per heavy atom. The van der Waals surface area contributed by atoms with E-state index in [1.807, 2.05) is 0 Å². The molecule has 0 aromatic carbocycles. The van der Waals surface area contributed by atoms with Crippen molar-refractivity contribution in [3.63, 3.8) is 0 Å². The summed E-state index contributed by atoms with van der Waals surface area (Å²) in [6.07, 6.45) is 3.64. The number of hydrogen-bond acceptors (Lipinski definition) is 5. The Morgan fingerprint density at radius 3 is 2.76 bits per heavy atom. The van der Waals surface area contributed by atoms with Gasteiger partial charge in [-0.15, -0.1) is 0 Å². The molecule has 1 aliphatic rings. The Morgan fingerprint density at radius 2 is 2.19 bits per heavy atom. The summed E-state index contributed by atoms with van der Waals surface area (Å²) < 4.78 is 10.2. The van der Waals surface area contributed by atoms with E-state index in [4.69, 9.17) is 14.0 Å². The average Bonchev–Trinajstić information content (AvgIpc) is 3.05. The number of carbonyl (C=O) groups is 2. The maximum atomic E-state index is 12.2. The van der Waals surface area contributed by atoms with Gasteiger partial charge in [-0.1, -0.05) is 5.16 Å². The van der Waals surface area contributed by atoms with Gasteiger partial charge in [0.05, 0.1) is 18.2 Å². The van der Waals surface area contributed by atoms with Crippen LogP contribution >= 0.6 is 0 Å². The van der Waals surface area contributed by atoms with E-state index in [1.54, 1.807) is 12.1 Å². The molecule has 21 heavy (non-hydrogen) atoms. The highest BCUT2D eigenvalue weighted by Gasteiger charge is 2.40. The van der Waals surface area contributed by atoms with Gasteiger partial charge in [-0.25, -0.2) is 0 Å². The fourth-order valence-corrected chi connectivity index (χ4v) is 2.46. The van der Waals surface area contributed by atoms with Crippen LogP contribution in [0.15, 0.2) is 33.4 Å². The molecule has 2 aromatic heterocycles. The second kappa shape index (κ2) is 5.08. The van der Waals surface area contributed by atoms with Gasteiger partial charge in [0.2, 0.25) is 5.76 Å². The number of amides is 1. The van der Waals surface area contributed by atoms with E-state index < -0.39 is 17.4 Å². The fourth-order valence-electron chi connectivity index (χ4n) is 2.46. The van der Waals surface area contributed by atoms with Crippen molar-refractivity contribution >= 4 is 11.9 Å². The standard InChI is InChI=1S/C14H14N2O5/c17-12(18)8-14(4-2-5-14)15-13(19)9-7-11(21-16-9)10-3-1-6-20-10/h1,3,6-7H,2,4-5,8H2,(H,15,19)(H,17,18). The third-order valence-electron chi connectivity index (χ3n) is 3.69. The highest BCUT2D eigenvalue weighted by Crippen LogP contribution is 2.35. The highest BCUT2D eigenvalue weighted by atomic mass is 16.5. The number of furan rings is 1. The molecular weight excluding hydrogens is 276 g/mol. The second-order valence-corrected chi connectivity index (χ2v) is 5.21. The number of carboxylic acid groups (broad SMARTS) is 1. The van der Waals surface area contributed by atoms with Crippen LogP contribution in [0, 0.1) is 0 Å². The lowest BCUT2D eigenvalue weighted by molar-refractivity contribution is -0.139. The third kappa shape index (κ3) is 2.67. The van der Waals surface area contributed by atoms with Crippen LogP contribution in [0.4, 0.5) is 0 Å². The summed E-state index contributed by atoms with van der Waals surface area (Å²) in [6.45, 7) is 0. The molecule has 1 fully saturated rings. The van der Waals surface area contributed by atoms with Crippen LogP contribution in [-0.4, -0.2) is 27.7 Å². The van der Waals surface area contributed by atoms with Crippen LogP contribution < -0.4 is 5.32 Å². The van der Waals surface area contributed by atoms with Crippen LogP contribution in [0.1, 0.15) is 36.2 Å². The van der Waals surface area contributed by atoms with E-state index in [0.29, 0.717) is 24.4 Å². The summed E-state index contributed by atoms with van der Waals surface area (Å²) in [6, 6.07) is 4.87. The summed E-state index contributed by atoms with van der Waals surface area (Å²) in [5.41, 5.74) is -0.551. The van der Waals surface area contributed by atoms with Crippen molar-refractivity contribution in [1.29, 1.82) is 0 Å². The van der Waals surface area contributed by atoms with Crippen molar-refractivity contribution in [2.45, 2.75) is 31.2 Å². The van der Waals surface area contributed by atoms with Crippen LogP contribution in [0.25, 0.3) is 11.5 Å². The van der Waals surface area contributed by atoms with Crippen molar-refractivity contribution in [2.24, 2.45) is 0 Å². The topological polar surface area (TPSA) is 106 Å². The average molecular weight is 290 g/mol. The smallest absolute Gasteiger partial charge is 0.305 e. The second-order valence-electron chi connectivity index (χ2n) is 5.21. The van der Waals surface area contributed by atoms with E-state index in [2.05, 4.69) is 10.5 Å². The Bertz CT molecular complexity index is 655. The van der Waals surface area contributed by atoms with E-state index in [9.17, 15) is 9.59 Å². The zero-order chi connectivity index (χ0) is 14.9. The van der Waals surface area contributed by atoms with E-state index in [1.165, 1.54) is 12.3 Å². The molecule has 0 spiro atoms. The highest BCUT2D eigenvalue weighted by molar-refractivity contribution is 5.93. The molecule has 3 rings (SSSR count). The molecule has 0 aliphatic heterocycles. The molecule has 1 saturated carbocycles. The number of nitrogens with one attached hydrogen (secondary N) is 1. The molecule has 7 heteroatoms. The molecule has 1 aliphatic carbocycles. The number of aromatic nitrogens is 1. The Hall–Kier alpha value is -2.57. The Kier molecular flexibility index (Phi) is 3.25. The van der Waals surface area contributed by atoms with Crippen molar-refractivity contribution in [1.82, 2.24) is 10.5 Å². The van der Waals surface area contributed by atoms with E-state index in [0.717, 1.165) is 6.42 Å². The maximum absolute atomic E-state index is 12.2. The maximum Gasteiger partial charge on any atom is 0.305 e. The van der Waals surface area contributed by atoms with Gasteiger partial charge in [-0.2, -0.15) is 0 Å². The monoisotopic (exact) mass is 290 g/mol. The molecule has 7 nitrogen and oxygen atoms in total. The van der Waals surface area contributed by atoms with Crippen LogP contribution in [-0.2, 0) is 4.79 Å². The van der Waals surface area contributed by atoms with Gasteiger partial charge >= 0.3 is 5.97 Å². The molecule has 0 saturated heterocycles. The normalized spacial score (nSPS) is 16.2. The quantitative estimate of drug-likeness (QED) is 0.873. The molecule has 2 aromatic rings. The number of nitrogens with zero attached hydrogens (tertiary/aromatic N) is 1. The molecule has 0 bridgehead atoms. The summed E-state index contributed by atoms with van der Waals surface area (Å²) in [5, 5.41) is 15.4. The fraction of sp³-hybridized carbons (Fsp3) is 0.357. The molecule has 110 valence electrons. The molecule has 0 radical (unpaired) electrons. The van der Waals surface area contributed by atoms with Gasteiger partial charge in [-0.05, 0) is 31.4 Å². The molecular formula is C14H14N2O5. The first kappa shape index (κ1) is 13.4. The van der Waals surface area contributed by atoms with Gasteiger partial charge in [0.15, 0.2) is 11.5 Å². The Balaban J connectivity index is 1.72. The number of hydrogen-bond donors (Lipinski definition) is 2. The van der Waals surface area contributed by atoms with Crippen LogP contribution in [0.3, 0.4) is 0 Å². The molecule has 0 unspecified atom stereocenters. The van der Waals surface area contributed by atoms with Gasteiger partial charge in [0, 0.05) is 6.07 Å². The minimum absolute atomic E-state index is 0.0817. The lowest BCUT2D eigenvalue weighted by atomic mass is 9.74. The zero-order valence-corrected chi connectivity index (χ0v) is 11.2. The summed E-state index contributed by atoms with van der Waals surface area (Å²) in [7, 11) is 0. The zero-order valence-electron chi connectivity index (χ0n) is 11.2. The van der Waals surface area contributed by atoms with Crippen molar-refractivity contribution < 1.29 is 23.6 Å².